The molecule has 2 rings (SSSR count). The summed E-state index contributed by atoms with van der Waals surface area (Å²) in [7, 11) is 3.14. The molecule has 0 aliphatic rings. The molecule has 0 aromatic heterocycles. The van der Waals surface area contributed by atoms with Crippen LogP contribution in [-0.4, -0.2) is 14.2 Å². The first-order chi connectivity index (χ1) is 10.1. The molecule has 0 saturated carbocycles. The third kappa shape index (κ3) is 3.40. The van der Waals surface area contributed by atoms with Crippen LogP contribution in [0, 0.1) is 0 Å². The van der Waals surface area contributed by atoms with Crippen molar-refractivity contribution in [3.8, 4) is 23.0 Å². The van der Waals surface area contributed by atoms with E-state index in [4.69, 9.17) is 31.5 Å². The smallest absolute Gasteiger partial charge is 0.211 e. The maximum absolute atomic E-state index is 6.25. The molecule has 0 heterocycles. The summed E-state index contributed by atoms with van der Waals surface area (Å²) in [5, 5.41) is 0.484. The van der Waals surface area contributed by atoms with Crippen LogP contribution in [0.2, 0.25) is 5.02 Å². The first kappa shape index (κ1) is 15.5. The molecule has 112 valence electrons. The van der Waals surface area contributed by atoms with E-state index in [1.165, 1.54) is 0 Å². The standard InChI is InChI=1S/C16H18ClNO3/c1-10(18)11-7-8-13(12(17)9-11)21-16-14(19-2)5-4-6-15(16)20-3/h4-10H,18H2,1-3H3/t10-/m1/s1. The van der Waals surface area contributed by atoms with Gasteiger partial charge in [0.2, 0.25) is 5.75 Å². The van der Waals surface area contributed by atoms with Crippen LogP contribution in [0.3, 0.4) is 0 Å². The summed E-state index contributed by atoms with van der Waals surface area (Å²) in [5.41, 5.74) is 6.78. The summed E-state index contributed by atoms with van der Waals surface area (Å²) in [5.74, 6) is 2.14. The number of hydrogen-bond acceptors (Lipinski definition) is 4. The molecule has 21 heavy (non-hydrogen) atoms. The van der Waals surface area contributed by atoms with Gasteiger partial charge in [0.25, 0.3) is 0 Å². The highest BCUT2D eigenvalue weighted by atomic mass is 35.5. The number of rotatable bonds is 5. The van der Waals surface area contributed by atoms with Crippen molar-refractivity contribution in [3.63, 3.8) is 0 Å². The van der Waals surface area contributed by atoms with Crippen molar-refractivity contribution in [2.45, 2.75) is 13.0 Å². The molecule has 2 aromatic carbocycles. The van der Waals surface area contributed by atoms with Gasteiger partial charge in [-0.15, -0.1) is 0 Å². The number of hydrogen-bond donors (Lipinski definition) is 1. The van der Waals surface area contributed by atoms with Crippen LogP contribution in [0.4, 0.5) is 0 Å². The van der Waals surface area contributed by atoms with E-state index in [0.29, 0.717) is 28.0 Å². The molecule has 0 amide bonds. The van der Waals surface area contributed by atoms with Crippen molar-refractivity contribution in [3.05, 3.63) is 47.0 Å². The third-order valence-corrected chi connectivity index (χ3v) is 3.37. The summed E-state index contributed by atoms with van der Waals surface area (Å²) in [6.07, 6.45) is 0. The quantitative estimate of drug-likeness (QED) is 0.900. The topological polar surface area (TPSA) is 53.7 Å². The van der Waals surface area contributed by atoms with E-state index in [9.17, 15) is 0 Å². The highest BCUT2D eigenvalue weighted by Crippen LogP contribution is 2.42. The fourth-order valence-corrected chi connectivity index (χ4v) is 2.14. The second-order valence-corrected chi connectivity index (χ2v) is 4.98. The Morgan fingerprint density at radius 1 is 1.00 bits per heavy atom. The molecule has 0 radical (unpaired) electrons. The summed E-state index contributed by atoms with van der Waals surface area (Å²) in [6, 6.07) is 10.8. The van der Waals surface area contributed by atoms with Gasteiger partial charge in [-0.05, 0) is 36.8 Å². The van der Waals surface area contributed by atoms with E-state index in [0.717, 1.165) is 5.56 Å². The summed E-state index contributed by atoms with van der Waals surface area (Å²) in [6.45, 7) is 1.90. The molecule has 4 nitrogen and oxygen atoms in total. The van der Waals surface area contributed by atoms with Crippen LogP contribution in [0.15, 0.2) is 36.4 Å². The number of halogens is 1. The molecule has 0 bridgehead atoms. The van der Waals surface area contributed by atoms with Crippen molar-refractivity contribution >= 4 is 11.6 Å². The minimum atomic E-state index is -0.0858. The Morgan fingerprint density at radius 3 is 2.10 bits per heavy atom. The number of methoxy groups -OCH3 is 2. The minimum Gasteiger partial charge on any atom is -0.493 e. The molecule has 5 heteroatoms. The van der Waals surface area contributed by atoms with Crippen molar-refractivity contribution in [1.29, 1.82) is 0 Å². The van der Waals surface area contributed by atoms with Gasteiger partial charge in [-0.25, -0.2) is 0 Å². The zero-order chi connectivity index (χ0) is 15.4. The predicted molar refractivity (Wildman–Crippen MR) is 83.7 cm³/mol. The Balaban J connectivity index is 2.38. The Hall–Kier alpha value is -1.91. The summed E-state index contributed by atoms with van der Waals surface area (Å²) >= 11 is 6.25. The van der Waals surface area contributed by atoms with Gasteiger partial charge < -0.3 is 19.9 Å². The van der Waals surface area contributed by atoms with Crippen LogP contribution >= 0.6 is 11.6 Å². The van der Waals surface area contributed by atoms with Gasteiger partial charge in [0, 0.05) is 6.04 Å². The number of nitrogens with two attached hydrogens (primary N) is 1. The van der Waals surface area contributed by atoms with Gasteiger partial charge in [0.05, 0.1) is 19.2 Å². The SMILES string of the molecule is COc1cccc(OC)c1Oc1ccc([C@@H](C)N)cc1Cl. The zero-order valence-corrected chi connectivity index (χ0v) is 13.0. The highest BCUT2D eigenvalue weighted by molar-refractivity contribution is 6.32. The lowest BCUT2D eigenvalue weighted by Gasteiger charge is -2.15. The van der Waals surface area contributed by atoms with Crippen LogP contribution < -0.4 is 19.9 Å². The van der Waals surface area contributed by atoms with Gasteiger partial charge in [0.1, 0.15) is 5.75 Å². The lowest BCUT2D eigenvalue weighted by atomic mass is 10.1. The molecule has 0 fully saturated rings. The van der Waals surface area contributed by atoms with Gasteiger partial charge in [-0.3, -0.25) is 0 Å². The van der Waals surface area contributed by atoms with Crippen LogP contribution in [0.25, 0.3) is 0 Å². The maximum atomic E-state index is 6.25. The highest BCUT2D eigenvalue weighted by Gasteiger charge is 2.14. The molecule has 0 unspecified atom stereocenters. The lowest BCUT2D eigenvalue weighted by molar-refractivity contribution is 0.346. The van der Waals surface area contributed by atoms with Gasteiger partial charge in [-0.1, -0.05) is 23.7 Å². The van der Waals surface area contributed by atoms with E-state index in [1.807, 2.05) is 19.1 Å². The summed E-state index contributed by atoms with van der Waals surface area (Å²) in [4.78, 5) is 0. The fourth-order valence-electron chi connectivity index (χ4n) is 1.91. The van der Waals surface area contributed by atoms with E-state index in [2.05, 4.69) is 0 Å². The van der Waals surface area contributed by atoms with Crippen molar-refractivity contribution < 1.29 is 14.2 Å². The zero-order valence-electron chi connectivity index (χ0n) is 12.2. The van der Waals surface area contributed by atoms with Crippen molar-refractivity contribution in [2.75, 3.05) is 14.2 Å². The molecule has 0 aliphatic carbocycles. The normalized spacial score (nSPS) is 11.9. The maximum Gasteiger partial charge on any atom is 0.211 e. The molecule has 0 saturated heterocycles. The van der Waals surface area contributed by atoms with Crippen molar-refractivity contribution in [2.24, 2.45) is 5.73 Å². The first-order valence-electron chi connectivity index (χ1n) is 6.50. The average molecular weight is 308 g/mol. The second kappa shape index (κ2) is 6.70. The molecule has 0 spiro atoms. The van der Waals surface area contributed by atoms with E-state index < -0.39 is 0 Å². The second-order valence-electron chi connectivity index (χ2n) is 4.57. The summed E-state index contributed by atoms with van der Waals surface area (Å²) < 4.78 is 16.5. The number of ether oxygens (including phenoxy) is 3. The van der Waals surface area contributed by atoms with E-state index >= 15 is 0 Å². The Morgan fingerprint density at radius 2 is 1.62 bits per heavy atom. The predicted octanol–water partition coefficient (Wildman–Crippen LogP) is 4.17. The monoisotopic (exact) mass is 307 g/mol. The van der Waals surface area contributed by atoms with Crippen molar-refractivity contribution in [1.82, 2.24) is 0 Å². The van der Waals surface area contributed by atoms with Crippen LogP contribution in [-0.2, 0) is 0 Å². The van der Waals surface area contributed by atoms with Crippen LogP contribution in [0.5, 0.6) is 23.0 Å². The lowest BCUT2D eigenvalue weighted by Crippen LogP contribution is -2.04. The Kier molecular flexibility index (Phi) is 4.94. The molecular formula is C16H18ClNO3. The fraction of sp³-hybridized carbons (Fsp3) is 0.250. The molecule has 1 atom stereocenters. The third-order valence-electron chi connectivity index (χ3n) is 3.08. The molecule has 0 aliphatic heterocycles. The van der Waals surface area contributed by atoms with Gasteiger partial charge >= 0.3 is 0 Å². The van der Waals surface area contributed by atoms with Gasteiger partial charge in [0.15, 0.2) is 11.5 Å². The Bertz CT molecular complexity index is 607. The minimum absolute atomic E-state index is 0.0858. The number of para-hydroxylation sites is 1. The van der Waals surface area contributed by atoms with Crippen LogP contribution in [0.1, 0.15) is 18.5 Å². The molecule has 2 N–H and O–H groups in total. The Labute approximate surface area is 129 Å². The molecular weight excluding hydrogens is 290 g/mol. The average Bonchev–Trinajstić information content (AvgIpc) is 2.49. The largest absolute Gasteiger partial charge is 0.493 e. The number of benzene rings is 2. The molecule has 2 aromatic rings. The van der Waals surface area contributed by atoms with Gasteiger partial charge in [-0.2, -0.15) is 0 Å². The first-order valence-corrected chi connectivity index (χ1v) is 6.88. The van der Waals surface area contributed by atoms with E-state index in [-0.39, 0.29) is 6.04 Å². The van der Waals surface area contributed by atoms with E-state index in [1.54, 1.807) is 38.5 Å².